The van der Waals surface area contributed by atoms with Gasteiger partial charge in [-0.3, -0.25) is 9.78 Å². The molecule has 2 atom stereocenters. The fourth-order valence-corrected chi connectivity index (χ4v) is 4.17. The molecule has 0 radical (unpaired) electrons. The second-order valence-electron chi connectivity index (χ2n) is 7.67. The third-order valence-corrected chi connectivity index (χ3v) is 5.84. The molecule has 3 heterocycles. The van der Waals surface area contributed by atoms with Gasteiger partial charge < -0.3 is 15.1 Å². The summed E-state index contributed by atoms with van der Waals surface area (Å²) < 4.78 is 0. The Morgan fingerprint density at radius 3 is 2.63 bits per heavy atom. The van der Waals surface area contributed by atoms with Crippen LogP contribution in [0.25, 0.3) is 0 Å². The number of nitrogens with zero attached hydrogens (tertiary/aromatic N) is 3. The van der Waals surface area contributed by atoms with Crippen LogP contribution in [0, 0.1) is 5.92 Å². The van der Waals surface area contributed by atoms with Gasteiger partial charge in [0.1, 0.15) is 0 Å². The minimum Gasteiger partial charge on any atom is -0.342 e. The summed E-state index contributed by atoms with van der Waals surface area (Å²) in [6, 6.07) is 6.98. The molecule has 7 heteroatoms. The molecule has 3 rings (SSSR count). The van der Waals surface area contributed by atoms with Crippen LogP contribution in [0.4, 0.5) is 0 Å². The number of amides is 1. The Morgan fingerprint density at radius 1 is 1.26 bits per heavy atom. The lowest BCUT2D eigenvalue weighted by atomic mass is 9.91. The largest absolute Gasteiger partial charge is 0.342 e. The molecule has 0 aromatic carbocycles. The summed E-state index contributed by atoms with van der Waals surface area (Å²) in [6.45, 7) is 6.37. The van der Waals surface area contributed by atoms with Gasteiger partial charge >= 0.3 is 0 Å². The number of hydrogen-bond donors (Lipinski definition) is 1. The first-order valence-electron chi connectivity index (χ1n) is 9.76. The Kier molecular flexibility index (Phi) is 10.6. The number of rotatable bonds is 5. The van der Waals surface area contributed by atoms with Gasteiger partial charge in [-0.25, -0.2) is 0 Å². The van der Waals surface area contributed by atoms with Crippen molar-refractivity contribution in [1.29, 1.82) is 0 Å². The Bertz CT molecular complexity index is 552. The molecule has 0 bridgehead atoms. The fourth-order valence-electron chi connectivity index (χ4n) is 4.17. The third kappa shape index (κ3) is 6.90. The molecule has 0 aliphatic carbocycles. The van der Waals surface area contributed by atoms with E-state index in [0.717, 1.165) is 64.0 Å². The molecule has 1 N–H and O–H groups in total. The molecule has 1 amide bonds. The van der Waals surface area contributed by atoms with Gasteiger partial charge in [0.15, 0.2) is 0 Å². The molecule has 0 saturated carbocycles. The highest BCUT2D eigenvalue weighted by Gasteiger charge is 2.31. The van der Waals surface area contributed by atoms with E-state index in [2.05, 4.69) is 39.2 Å². The van der Waals surface area contributed by atoms with E-state index in [-0.39, 0.29) is 30.7 Å². The molecule has 5 nitrogen and oxygen atoms in total. The zero-order valence-corrected chi connectivity index (χ0v) is 18.1. The summed E-state index contributed by atoms with van der Waals surface area (Å²) in [5.41, 5.74) is 1.16. The first-order valence-corrected chi connectivity index (χ1v) is 9.76. The van der Waals surface area contributed by atoms with Crippen LogP contribution >= 0.6 is 24.8 Å². The summed E-state index contributed by atoms with van der Waals surface area (Å²) in [5.74, 6) is 0.573. The summed E-state index contributed by atoms with van der Waals surface area (Å²) >= 11 is 0. The van der Waals surface area contributed by atoms with Gasteiger partial charge in [0.25, 0.3) is 0 Å². The monoisotopic (exact) mass is 416 g/mol. The van der Waals surface area contributed by atoms with Gasteiger partial charge in [-0.2, -0.15) is 0 Å². The van der Waals surface area contributed by atoms with Crippen molar-refractivity contribution in [2.45, 2.75) is 51.1 Å². The number of nitrogens with one attached hydrogen (secondary N) is 1. The highest BCUT2D eigenvalue weighted by Crippen LogP contribution is 2.22. The number of carbonyl (C=O) groups is 1. The number of hydrogen-bond acceptors (Lipinski definition) is 4. The predicted molar refractivity (Wildman–Crippen MR) is 115 cm³/mol. The average molecular weight is 417 g/mol. The van der Waals surface area contributed by atoms with Crippen molar-refractivity contribution in [3.05, 3.63) is 30.1 Å². The number of pyridine rings is 1. The van der Waals surface area contributed by atoms with Gasteiger partial charge in [-0.05, 0) is 51.3 Å². The van der Waals surface area contributed by atoms with Gasteiger partial charge in [0.05, 0.1) is 0 Å². The smallest absolute Gasteiger partial charge is 0.225 e. The minimum atomic E-state index is 0. The molecule has 154 valence electrons. The number of piperidine rings is 2. The lowest BCUT2D eigenvalue weighted by Gasteiger charge is -2.39. The molecule has 2 fully saturated rings. The van der Waals surface area contributed by atoms with E-state index >= 15 is 0 Å². The minimum absolute atomic E-state index is 0. The molecule has 27 heavy (non-hydrogen) atoms. The number of likely N-dealkylation sites (tertiary alicyclic amines) is 1. The van der Waals surface area contributed by atoms with Crippen LogP contribution in [0.5, 0.6) is 0 Å². The van der Waals surface area contributed by atoms with Gasteiger partial charge in [-0.1, -0.05) is 6.07 Å². The van der Waals surface area contributed by atoms with Crippen LogP contribution in [-0.4, -0.2) is 66.0 Å². The number of aromatic nitrogens is 1. The van der Waals surface area contributed by atoms with Crippen LogP contribution in [0.2, 0.25) is 0 Å². The molecule has 0 unspecified atom stereocenters. The molecule has 2 aliphatic heterocycles. The van der Waals surface area contributed by atoms with Crippen molar-refractivity contribution in [2.24, 2.45) is 5.92 Å². The lowest BCUT2D eigenvalue weighted by Crippen LogP contribution is -2.49. The van der Waals surface area contributed by atoms with Crippen molar-refractivity contribution >= 4 is 30.7 Å². The first kappa shape index (κ1) is 24.2. The molecule has 1 aromatic heterocycles. The summed E-state index contributed by atoms with van der Waals surface area (Å²) in [6.07, 6.45) is 7.01. The van der Waals surface area contributed by atoms with Crippen molar-refractivity contribution in [2.75, 3.05) is 33.2 Å². The van der Waals surface area contributed by atoms with E-state index in [1.54, 1.807) is 0 Å². The normalized spacial score (nSPS) is 23.8. The highest BCUT2D eigenvalue weighted by atomic mass is 35.5. The van der Waals surface area contributed by atoms with Crippen LogP contribution in [0.15, 0.2) is 24.4 Å². The van der Waals surface area contributed by atoms with Crippen molar-refractivity contribution in [3.8, 4) is 0 Å². The van der Waals surface area contributed by atoms with Crippen molar-refractivity contribution < 1.29 is 4.79 Å². The van der Waals surface area contributed by atoms with Crippen LogP contribution in [-0.2, 0) is 11.2 Å². The molecule has 1 aromatic rings. The Balaban J connectivity index is 0.00000182. The number of halogens is 2. The summed E-state index contributed by atoms with van der Waals surface area (Å²) in [4.78, 5) is 21.8. The SMILES string of the molecule is C[C@H]1C[C@@H](C(=O)N(C)C2CCN(CCc3ccccn3)CC2)CCN1.Cl.Cl. The maximum Gasteiger partial charge on any atom is 0.225 e. The van der Waals surface area contributed by atoms with Crippen molar-refractivity contribution in [1.82, 2.24) is 20.1 Å². The van der Waals surface area contributed by atoms with Crippen LogP contribution in [0.1, 0.15) is 38.3 Å². The Labute approximate surface area is 176 Å². The van der Waals surface area contributed by atoms with E-state index < -0.39 is 0 Å². The Hall–Kier alpha value is -0.880. The molecular weight excluding hydrogens is 383 g/mol. The molecule has 0 spiro atoms. The maximum atomic E-state index is 12.8. The second-order valence-corrected chi connectivity index (χ2v) is 7.67. The topological polar surface area (TPSA) is 48.5 Å². The predicted octanol–water partition coefficient (Wildman–Crippen LogP) is 2.78. The van der Waals surface area contributed by atoms with Crippen molar-refractivity contribution in [3.63, 3.8) is 0 Å². The van der Waals surface area contributed by atoms with Gasteiger partial charge in [-0.15, -0.1) is 24.8 Å². The molecule has 2 aliphatic rings. The van der Waals surface area contributed by atoms with E-state index in [4.69, 9.17) is 0 Å². The van der Waals surface area contributed by atoms with E-state index in [0.29, 0.717) is 18.0 Å². The quantitative estimate of drug-likeness (QED) is 0.801. The van der Waals surface area contributed by atoms with E-state index in [1.807, 2.05) is 19.3 Å². The molecule has 2 saturated heterocycles. The van der Waals surface area contributed by atoms with Crippen LogP contribution in [0.3, 0.4) is 0 Å². The fraction of sp³-hybridized carbons (Fsp3) is 0.700. The van der Waals surface area contributed by atoms with Gasteiger partial charge in [0.2, 0.25) is 5.91 Å². The zero-order valence-electron chi connectivity index (χ0n) is 16.5. The van der Waals surface area contributed by atoms with E-state index in [9.17, 15) is 4.79 Å². The van der Waals surface area contributed by atoms with Crippen LogP contribution < -0.4 is 5.32 Å². The molecular formula is C20H34Cl2N4O. The Morgan fingerprint density at radius 2 is 2.00 bits per heavy atom. The highest BCUT2D eigenvalue weighted by molar-refractivity contribution is 5.85. The lowest BCUT2D eigenvalue weighted by molar-refractivity contribution is -0.138. The zero-order chi connectivity index (χ0) is 17.6. The average Bonchev–Trinajstić information content (AvgIpc) is 2.66. The third-order valence-electron chi connectivity index (χ3n) is 5.84. The summed E-state index contributed by atoms with van der Waals surface area (Å²) in [7, 11) is 2.02. The standard InChI is InChI=1S/C20H32N4O.2ClH/c1-16-15-17(6-11-21-16)20(25)23(2)19-8-13-24(14-9-19)12-7-18-5-3-4-10-22-18;;/h3-5,10,16-17,19,21H,6-9,11-15H2,1-2H3;2*1H/t16-,17-;;/m0../s1. The maximum absolute atomic E-state index is 12.8. The summed E-state index contributed by atoms with van der Waals surface area (Å²) in [5, 5.41) is 3.44. The first-order chi connectivity index (χ1) is 12.1. The number of carbonyl (C=O) groups excluding carboxylic acids is 1. The second kappa shape index (κ2) is 11.8. The van der Waals surface area contributed by atoms with Gasteiger partial charge in [0, 0.05) is 63.0 Å². The van der Waals surface area contributed by atoms with E-state index in [1.165, 1.54) is 0 Å².